The SMILES string of the molecule is C=C1CCC[C@]2(C)C[C@H]3OC(=O)[C@H](C[NH2+]Cc4cccnc4)[C@@H]3C[C@@H]12. The van der Waals surface area contributed by atoms with Crippen LogP contribution in [0.15, 0.2) is 36.7 Å². The lowest BCUT2D eigenvalue weighted by Gasteiger charge is -2.49. The first kappa shape index (κ1) is 16.8. The molecule has 2 heterocycles. The first-order valence-corrected chi connectivity index (χ1v) is 9.65. The number of hydrogen-bond acceptors (Lipinski definition) is 3. The van der Waals surface area contributed by atoms with Crippen molar-refractivity contribution in [2.45, 2.75) is 51.7 Å². The van der Waals surface area contributed by atoms with Crippen LogP contribution in [0.5, 0.6) is 0 Å². The topological polar surface area (TPSA) is 55.8 Å². The molecule has 3 aliphatic rings. The van der Waals surface area contributed by atoms with Crippen LogP contribution in [-0.4, -0.2) is 23.6 Å². The number of pyridine rings is 1. The van der Waals surface area contributed by atoms with E-state index in [1.165, 1.54) is 24.0 Å². The van der Waals surface area contributed by atoms with E-state index >= 15 is 0 Å². The molecule has 0 spiro atoms. The predicted octanol–water partition coefficient (Wildman–Crippen LogP) is 2.46. The Morgan fingerprint density at radius 2 is 2.36 bits per heavy atom. The summed E-state index contributed by atoms with van der Waals surface area (Å²) in [6, 6.07) is 4.04. The second-order valence-electron chi connectivity index (χ2n) is 8.49. The van der Waals surface area contributed by atoms with Crippen LogP contribution >= 0.6 is 0 Å². The first-order chi connectivity index (χ1) is 12.1. The van der Waals surface area contributed by atoms with Crippen LogP contribution in [-0.2, 0) is 16.1 Å². The average molecular weight is 341 g/mol. The zero-order valence-electron chi connectivity index (χ0n) is 15.1. The molecule has 1 saturated heterocycles. The van der Waals surface area contributed by atoms with E-state index in [9.17, 15) is 4.79 Å². The molecule has 5 atom stereocenters. The van der Waals surface area contributed by atoms with Crippen molar-refractivity contribution in [2.24, 2.45) is 23.2 Å². The molecule has 0 unspecified atom stereocenters. The van der Waals surface area contributed by atoms with Gasteiger partial charge in [-0.25, -0.2) is 0 Å². The number of quaternary nitrogens is 1. The third kappa shape index (κ3) is 3.12. The van der Waals surface area contributed by atoms with Crippen molar-refractivity contribution in [2.75, 3.05) is 6.54 Å². The maximum absolute atomic E-state index is 12.5. The fraction of sp³-hybridized carbons (Fsp3) is 0.619. The summed E-state index contributed by atoms with van der Waals surface area (Å²) in [7, 11) is 0. The van der Waals surface area contributed by atoms with Crippen molar-refractivity contribution in [3.63, 3.8) is 0 Å². The van der Waals surface area contributed by atoms with E-state index < -0.39 is 0 Å². The second kappa shape index (κ2) is 6.56. The van der Waals surface area contributed by atoms with Gasteiger partial charge < -0.3 is 10.1 Å². The van der Waals surface area contributed by atoms with Crippen molar-refractivity contribution >= 4 is 5.97 Å². The van der Waals surface area contributed by atoms with Gasteiger partial charge in [-0.3, -0.25) is 9.78 Å². The van der Waals surface area contributed by atoms with E-state index in [4.69, 9.17) is 4.74 Å². The number of aromatic nitrogens is 1. The fourth-order valence-electron chi connectivity index (χ4n) is 5.47. The lowest BCUT2D eigenvalue weighted by atomic mass is 9.55. The molecular formula is C21H29N2O2+. The monoisotopic (exact) mass is 341 g/mol. The van der Waals surface area contributed by atoms with Crippen LogP contribution in [0.2, 0.25) is 0 Å². The van der Waals surface area contributed by atoms with Gasteiger partial charge in [0, 0.05) is 23.9 Å². The van der Waals surface area contributed by atoms with Gasteiger partial charge in [0.15, 0.2) is 0 Å². The van der Waals surface area contributed by atoms with Gasteiger partial charge in [-0.2, -0.15) is 0 Å². The zero-order chi connectivity index (χ0) is 17.4. The molecular weight excluding hydrogens is 312 g/mol. The molecule has 4 heteroatoms. The number of rotatable bonds is 4. The minimum absolute atomic E-state index is 0.0188. The fourth-order valence-corrected chi connectivity index (χ4v) is 5.47. The highest BCUT2D eigenvalue weighted by Crippen LogP contribution is 2.56. The summed E-state index contributed by atoms with van der Waals surface area (Å²) in [5, 5.41) is 2.23. The molecule has 0 radical (unpaired) electrons. The van der Waals surface area contributed by atoms with Crippen molar-refractivity contribution in [3.8, 4) is 0 Å². The molecule has 0 bridgehead atoms. The Kier molecular flexibility index (Phi) is 4.40. The predicted molar refractivity (Wildman–Crippen MR) is 95.4 cm³/mol. The lowest BCUT2D eigenvalue weighted by Crippen LogP contribution is -2.84. The van der Waals surface area contributed by atoms with E-state index in [1.807, 2.05) is 12.3 Å². The highest BCUT2D eigenvalue weighted by Gasteiger charge is 2.55. The van der Waals surface area contributed by atoms with Crippen LogP contribution in [0, 0.1) is 23.2 Å². The molecule has 0 amide bonds. The van der Waals surface area contributed by atoms with Crippen molar-refractivity contribution < 1.29 is 14.8 Å². The summed E-state index contributed by atoms with van der Waals surface area (Å²) in [6.45, 7) is 8.42. The first-order valence-electron chi connectivity index (χ1n) is 9.65. The molecule has 4 rings (SSSR count). The zero-order valence-corrected chi connectivity index (χ0v) is 15.1. The highest BCUT2D eigenvalue weighted by molar-refractivity contribution is 5.75. The number of hydrogen-bond donors (Lipinski definition) is 1. The van der Waals surface area contributed by atoms with E-state index in [1.54, 1.807) is 6.20 Å². The number of fused-ring (bicyclic) bond motifs is 2. The quantitative estimate of drug-likeness (QED) is 0.676. The largest absolute Gasteiger partial charge is 0.462 e. The number of carbonyl (C=O) groups excluding carboxylic acids is 1. The Bertz CT molecular complexity index is 659. The molecule has 1 aromatic rings. The van der Waals surface area contributed by atoms with Crippen molar-refractivity contribution in [1.29, 1.82) is 0 Å². The van der Waals surface area contributed by atoms with Gasteiger partial charge in [0.2, 0.25) is 0 Å². The summed E-state index contributed by atoms with van der Waals surface area (Å²) >= 11 is 0. The van der Waals surface area contributed by atoms with Gasteiger partial charge in [0.05, 0.1) is 6.54 Å². The molecule has 25 heavy (non-hydrogen) atoms. The molecule has 4 nitrogen and oxygen atoms in total. The van der Waals surface area contributed by atoms with Gasteiger partial charge in [0.25, 0.3) is 0 Å². The Morgan fingerprint density at radius 1 is 1.48 bits per heavy atom. The smallest absolute Gasteiger partial charge is 0.315 e. The molecule has 1 aromatic heterocycles. The van der Waals surface area contributed by atoms with E-state index in [-0.39, 0.29) is 23.4 Å². The molecule has 3 fully saturated rings. The van der Waals surface area contributed by atoms with Gasteiger partial charge in [-0.05, 0) is 49.5 Å². The molecule has 1 aliphatic heterocycles. The number of carbonyl (C=O) groups is 1. The lowest BCUT2D eigenvalue weighted by molar-refractivity contribution is -0.675. The number of nitrogens with zero attached hydrogens (tertiary/aromatic N) is 1. The average Bonchev–Trinajstić information content (AvgIpc) is 2.88. The van der Waals surface area contributed by atoms with Crippen molar-refractivity contribution in [1.82, 2.24) is 4.98 Å². The highest BCUT2D eigenvalue weighted by atomic mass is 16.6. The minimum atomic E-state index is 0.0188. The summed E-state index contributed by atoms with van der Waals surface area (Å²) in [4.78, 5) is 16.7. The third-order valence-corrected chi connectivity index (χ3v) is 6.84. The van der Waals surface area contributed by atoms with Gasteiger partial charge in [0.1, 0.15) is 18.6 Å². The normalized spacial score (nSPS) is 37.3. The Morgan fingerprint density at radius 3 is 3.16 bits per heavy atom. The maximum Gasteiger partial charge on any atom is 0.315 e. The van der Waals surface area contributed by atoms with Gasteiger partial charge >= 0.3 is 5.97 Å². The maximum atomic E-state index is 12.5. The number of nitrogens with two attached hydrogens (primary N) is 1. The number of ether oxygens (including phenoxy) is 1. The van der Waals surface area contributed by atoms with E-state index in [0.29, 0.717) is 11.8 Å². The van der Waals surface area contributed by atoms with Crippen LogP contribution in [0.3, 0.4) is 0 Å². The van der Waals surface area contributed by atoms with Crippen LogP contribution < -0.4 is 5.32 Å². The number of allylic oxidation sites excluding steroid dienone is 1. The molecule has 2 saturated carbocycles. The molecule has 2 N–H and O–H groups in total. The second-order valence-corrected chi connectivity index (χ2v) is 8.49. The van der Waals surface area contributed by atoms with Crippen LogP contribution in [0.25, 0.3) is 0 Å². The molecule has 2 aliphatic carbocycles. The summed E-state index contributed by atoms with van der Waals surface area (Å²) in [5.41, 5.74) is 2.89. The van der Waals surface area contributed by atoms with Crippen LogP contribution in [0.1, 0.15) is 44.6 Å². The minimum Gasteiger partial charge on any atom is -0.462 e. The van der Waals surface area contributed by atoms with Gasteiger partial charge in [-0.15, -0.1) is 0 Å². The summed E-state index contributed by atoms with van der Waals surface area (Å²) in [6.07, 6.45) is 9.54. The Hall–Kier alpha value is -1.68. The van der Waals surface area contributed by atoms with Crippen LogP contribution in [0.4, 0.5) is 0 Å². The van der Waals surface area contributed by atoms with E-state index in [0.717, 1.165) is 32.4 Å². The third-order valence-electron chi connectivity index (χ3n) is 6.84. The Balaban J connectivity index is 1.42. The number of esters is 1. The summed E-state index contributed by atoms with van der Waals surface area (Å²) in [5.74, 6) is 0.981. The molecule has 134 valence electrons. The molecule has 0 aromatic carbocycles. The summed E-state index contributed by atoms with van der Waals surface area (Å²) < 4.78 is 5.83. The van der Waals surface area contributed by atoms with Crippen molar-refractivity contribution in [3.05, 3.63) is 42.2 Å². The standard InChI is InChI=1S/C21H28N2O2/c1-14-5-3-7-21(2)10-19-16(9-18(14)21)17(20(24)25-19)13-23-12-15-6-4-8-22-11-15/h4,6,8,11,16-19,23H,1,3,5,7,9-10,12-13H2,2H3/p+1/t16-,17+,18-,19+,21+/m0/s1. The van der Waals surface area contributed by atoms with Gasteiger partial charge in [-0.1, -0.05) is 25.1 Å². The Labute approximate surface area is 150 Å². The van der Waals surface area contributed by atoms with E-state index in [2.05, 4.69) is 29.9 Å².